The van der Waals surface area contributed by atoms with Gasteiger partial charge in [-0.3, -0.25) is 14.4 Å². The van der Waals surface area contributed by atoms with Crippen LogP contribution in [0.1, 0.15) is 36.0 Å². The molecule has 0 unspecified atom stereocenters. The van der Waals surface area contributed by atoms with Gasteiger partial charge in [-0.15, -0.1) is 0 Å². The second-order valence-electron chi connectivity index (χ2n) is 4.95. The van der Waals surface area contributed by atoms with Crippen molar-refractivity contribution in [3.8, 4) is 0 Å². The highest BCUT2D eigenvalue weighted by molar-refractivity contribution is 5.97. The minimum atomic E-state index is -0.950. The van der Waals surface area contributed by atoms with Crippen LogP contribution in [-0.4, -0.2) is 36.0 Å². The third-order valence-corrected chi connectivity index (χ3v) is 3.39. The summed E-state index contributed by atoms with van der Waals surface area (Å²) in [5.41, 5.74) is 1.25. The molecule has 1 saturated heterocycles. The maximum absolute atomic E-state index is 11.8. The van der Waals surface area contributed by atoms with Crippen molar-refractivity contribution in [2.75, 3.05) is 18.0 Å². The van der Waals surface area contributed by atoms with Crippen molar-refractivity contribution in [3.63, 3.8) is 0 Å². The summed E-state index contributed by atoms with van der Waals surface area (Å²) < 4.78 is 0. The molecule has 112 valence electrons. The number of nitrogens with zero attached hydrogens (tertiary/aromatic N) is 1. The van der Waals surface area contributed by atoms with Crippen LogP contribution < -0.4 is 10.2 Å². The van der Waals surface area contributed by atoms with Crippen molar-refractivity contribution in [1.29, 1.82) is 0 Å². The molecule has 0 aromatic heterocycles. The Hall–Kier alpha value is -2.37. The van der Waals surface area contributed by atoms with Gasteiger partial charge in [0.1, 0.15) is 0 Å². The summed E-state index contributed by atoms with van der Waals surface area (Å²) in [5, 5.41) is 11.1. The van der Waals surface area contributed by atoms with Crippen LogP contribution in [0.25, 0.3) is 0 Å². The molecule has 6 heteroatoms. The Kier molecular flexibility index (Phi) is 4.92. The van der Waals surface area contributed by atoms with Crippen LogP contribution in [0.5, 0.6) is 0 Å². The highest BCUT2D eigenvalue weighted by atomic mass is 16.4. The van der Waals surface area contributed by atoms with Gasteiger partial charge in [0.2, 0.25) is 5.91 Å². The molecule has 1 aliphatic rings. The number of carboxylic acids is 1. The van der Waals surface area contributed by atoms with Gasteiger partial charge in [0, 0.05) is 30.8 Å². The van der Waals surface area contributed by atoms with Gasteiger partial charge in [0.05, 0.1) is 6.42 Å². The zero-order valence-electron chi connectivity index (χ0n) is 11.7. The minimum absolute atomic E-state index is 0.0977. The molecule has 1 fully saturated rings. The Morgan fingerprint density at radius 2 is 1.90 bits per heavy atom. The second-order valence-corrected chi connectivity index (χ2v) is 4.95. The van der Waals surface area contributed by atoms with Crippen LogP contribution in [0.2, 0.25) is 0 Å². The van der Waals surface area contributed by atoms with E-state index >= 15 is 0 Å². The predicted octanol–water partition coefficient (Wildman–Crippen LogP) is 1.41. The lowest BCUT2D eigenvalue weighted by atomic mass is 10.1. The van der Waals surface area contributed by atoms with Gasteiger partial charge in [0.15, 0.2) is 0 Å². The monoisotopic (exact) mass is 290 g/mol. The Balaban J connectivity index is 1.96. The van der Waals surface area contributed by atoms with Gasteiger partial charge in [-0.2, -0.15) is 0 Å². The number of hydrogen-bond donors (Lipinski definition) is 2. The Labute approximate surface area is 122 Å². The van der Waals surface area contributed by atoms with Crippen molar-refractivity contribution < 1.29 is 19.5 Å². The Morgan fingerprint density at radius 1 is 1.19 bits per heavy atom. The zero-order chi connectivity index (χ0) is 15.2. The van der Waals surface area contributed by atoms with Crippen molar-refractivity contribution in [2.24, 2.45) is 0 Å². The lowest BCUT2D eigenvalue weighted by Crippen LogP contribution is -2.35. The second kappa shape index (κ2) is 6.88. The summed E-state index contributed by atoms with van der Waals surface area (Å²) in [6.07, 6.45) is 2.38. The molecule has 0 spiro atoms. The van der Waals surface area contributed by atoms with E-state index in [2.05, 4.69) is 5.32 Å². The van der Waals surface area contributed by atoms with Crippen molar-refractivity contribution in [1.82, 2.24) is 5.32 Å². The van der Waals surface area contributed by atoms with E-state index in [9.17, 15) is 14.4 Å². The van der Waals surface area contributed by atoms with E-state index in [1.54, 1.807) is 29.2 Å². The van der Waals surface area contributed by atoms with Crippen LogP contribution in [0.15, 0.2) is 24.3 Å². The smallest absolute Gasteiger partial charge is 0.305 e. The van der Waals surface area contributed by atoms with E-state index in [4.69, 9.17) is 5.11 Å². The molecule has 0 aliphatic carbocycles. The molecule has 2 N–H and O–H groups in total. The molecule has 2 rings (SSSR count). The lowest BCUT2D eigenvalue weighted by Gasteiger charge is -2.26. The van der Waals surface area contributed by atoms with Crippen LogP contribution in [-0.2, 0) is 9.59 Å². The topological polar surface area (TPSA) is 86.7 Å². The number of aliphatic carboxylic acids is 1. The van der Waals surface area contributed by atoms with E-state index in [1.807, 2.05) is 0 Å². The van der Waals surface area contributed by atoms with Crippen LogP contribution in [0.4, 0.5) is 5.69 Å². The molecule has 0 radical (unpaired) electrons. The largest absolute Gasteiger partial charge is 0.481 e. The molecule has 2 amide bonds. The number of hydrogen-bond acceptors (Lipinski definition) is 3. The molecule has 6 nitrogen and oxygen atoms in total. The van der Waals surface area contributed by atoms with Gasteiger partial charge in [0.25, 0.3) is 5.91 Å². The number of carboxylic acid groups (broad SMARTS) is 1. The molecule has 0 saturated carbocycles. The van der Waals surface area contributed by atoms with Gasteiger partial charge in [-0.25, -0.2) is 0 Å². The average molecular weight is 290 g/mol. The quantitative estimate of drug-likeness (QED) is 0.858. The van der Waals surface area contributed by atoms with Gasteiger partial charge in [-0.1, -0.05) is 0 Å². The Morgan fingerprint density at radius 3 is 2.52 bits per heavy atom. The summed E-state index contributed by atoms with van der Waals surface area (Å²) in [7, 11) is 0. The standard InChI is InChI=1S/C15H18N2O4/c18-13-3-1-2-10-17(13)12-6-4-11(5-7-12)15(21)16-9-8-14(19)20/h4-7H,1-3,8-10H2,(H,16,21)(H,19,20). The fourth-order valence-corrected chi connectivity index (χ4v) is 2.26. The van der Waals surface area contributed by atoms with Crippen molar-refractivity contribution in [3.05, 3.63) is 29.8 Å². The lowest BCUT2D eigenvalue weighted by molar-refractivity contribution is -0.136. The molecule has 1 aromatic carbocycles. The van der Waals surface area contributed by atoms with Gasteiger partial charge >= 0.3 is 5.97 Å². The third-order valence-electron chi connectivity index (χ3n) is 3.39. The predicted molar refractivity (Wildman–Crippen MR) is 77.2 cm³/mol. The van der Waals surface area contributed by atoms with Crippen LogP contribution >= 0.6 is 0 Å². The SMILES string of the molecule is O=C(O)CCNC(=O)c1ccc(N2CCCCC2=O)cc1. The molecule has 21 heavy (non-hydrogen) atoms. The summed E-state index contributed by atoms with van der Waals surface area (Å²) in [6, 6.07) is 6.78. The number of anilines is 1. The summed E-state index contributed by atoms with van der Waals surface area (Å²) >= 11 is 0. The number of carbonyl (C=O) groups is 3. The zero-order valence-corrected chi connectivity index (χ0v) is 11.7. The maximum atomic E-state index is 11.8. The number of piperidine rings is 1. The number of benzene rings is 1. The first-order valence-electron chi connectivity index (χ1n) is 6.98. The maximum Gasteiger partial charge on any atom is 0.305 e. The van der Waals surface area contributed by atoms with Crippen molar-refractivity contribution in [2.45, 2.75) is 25.7 Å². The highest BCUT2D eigenvalue weighted by Crippen LogP contribution is 2.21. The van der Waals surface area contributed by atoms with E-state index in [0.29, 0.717) is 18.5 Å². The molecule has 1 aliphatic heterocycles. The molecule has 0 atom stereocenters. The first-order chi connectivity index (χ1) is 10.1. The number of amides is 2. The number of carbonyl (C=O) groups excluding carboxylic acids is 2. The van der Waals surface area contributed by atoms with Crippen LogP contribution in [0, 0.1) is 0 Å². The molecular weight excluding hydrogens is 272 g/mol. The minimum Gasteiger partial charge on any atom is -0.481 e. The van der Waals surface area contributed by atoms with Crippen LogP contribution in [0.3, 0.4) is 0 Å². The fraction of sp³-hybridized carbons (Fsp3) is 0.400. The van der Waals surface area contributed by atoms with E-state index in [-0.39, 0.29) is 24.8 Å². The molecule has 1 heterocycles. The van der Waals surface area contributed by atoms with E-state index < -0.39 is 5.97 Å². The van der Waals surface area contributed by atoms with Gasteiger partial charge < -0.3 is 15.3 Å². The fourth-order valence-electron chi connectivity index (χ4n) is 2.26. The normalized spacial score (nSPS) is 14.9. The third kappa shape index (κ3) is 4.05. The number of nitrogens with one attached hydrogen (secondary N) is 1. The Bertz CT molecular complexity index is 539. The van der Waals surface area contributed by atoms with Gasteiger partial charge in [-0.05, 0) is 37.1 Å². The molecule has 1 aromatic rings. The first-order valence-corrected chi connectivity index (χ1v) is 6.98. The summed E-state index contributed by atoms with van der Waals surface area (Å²) in [5.74, 6) is -1.15. The molecular formula is C15H18N2O4. The average Bonchev–Trinajstić information content (AvgIpc) is 2.47. The summed E-state index contributed by atoms with van der Waals surface area (Å²) in [4.78, 5) is 35.7. The van der Waals surface area contributed by atoms with E-state index in [1.165, 1.54) is 0 Å². The summed E-state index contributed by atoms with van der Waals surface area (Å²) in [6.45, 7) is 0.809. The highest BCUT2D eigenvalue weighted by Gasteiger charge is 2.19. The number of rotatable bonds is 5. The first kappa shape index (κ1) is 15.0. The molecule has 0 bridgehead atoms. The van der Waals surface area contributed by atoms with E-state index in [0.717, 1.165) is 18.5 Å². The van der Waals surface area contributed by atoms with Crippen molar-refractivity contribution >= 4 is 23.5 Å².